The molecule has 0 bridgehead atoms. The number of nitrogens with zero attached hydrogens (tertiary/aromatic N) is 3. The maximum atomic E-state index is 5.07. The molecule has 1 fully saturated rings. The van der Waals surface area contributed by atoms with Gasteiger partial charge in [-0.15, -0.1) is 10.2 Å². The number of hydrogen-bond donors (Lipinski definition) is 4. The highest BCUT2D eigenvalue weighted by Crippen LogP contribution is 2.38. The van der Waals surface area contributed by atoms with Gasteiger partial charge >= 0.3 is 0 Å². The quantitative estimate of drug-likeness (QED) is 0.512. The molecule has 2 unspecified atom stereocenters. The molecule has 5 rings (SSSR count). The van der Waals surface area contributed by atoms with Crippen molar-refractivity contribution in [3.8, 4) is 0 Å². The van der Waals surface area contributed by atoms with Crippen molar-refractivity contribution in [1.29, 1.82) is 0 Å². The van der Waals surface area contributed by atoms with Crippen LogP contribution < -0.4 is 16.0 Å². The number of H-pyrrole nitrogens is 1. The van der Waals surface area contributed by atoms with E-state index in [0.29, 0.717) is 11.8 Å². The third kappa shape index (κ3) is 4.63. The van der Waals surface area contributed by atoms with Crippen molar-refractivity contribution in [2.75, 3.05) is 11.1 Å². The molecule has 1 aromatic heterocycles. The highest BCUT2D eigenvalue weighted by Gasteiger charge is 2.33. The standard InChI is InChI=1S/C23H29N7S/c1-15-10-12-24-21-19(15)20(17-4-2-3-5-17)28-22(29-21)27-18-8-6-16(7-9-18)11-13-31-23-25-14-26-30-23/h6-10,12,14-15,17,21,24H,2-5,11,13H2,1H3,(H,25,26,30)(H2,27,28,29). The fourth-order valence-corrected chi connectivity index (χ4v) is 5.39. The predicted molar refractivity (Wildman–Crippen MR) is 126 cm³/mol. The molecule has 2 aliphatic heterocycles. The van der Waals surface area contributed by atoms with Gasteiger partial charge in [0.2, 0.25) is 5.96 Å². The number of thioether (sulfide) groups is 1. The van der Waals surface area contributed by atoms with E-state index in [1.807, 2.05) is 0 Å². The lowest BCUT2D eigenvalue weighted by Crippen LogP contribution is -2.52. The molecule has 2 aromatic rings. The molecule has 1 saturated carbocycles. The van der Waals surface area contributed by atoms with Gasteiger partial charge in [0, 0.05) is 28.8 Å². The first-order valence-electron chi connectivity index (χ1n) is 11.1. The Hall–Kier alpha value is -2.74. The van der Waals surface area contributed by atoms with Gasteiger partial charge in [0.15, 0.2) is 5.16 Å². The monoisotopic (exact) mass is 435 g/mol. The number of anilines is 1. The highest BCUT2D eigenvalue weighted by atomic mass is 32.2. The second-order valence-electron chi connectivity index (χ2n) is 8.39. The summed E-state index contributed by atoms with van der Waals surface area (Å²) in [7, 11) is 0. The fraction of sp³-hybridized carbons (Fsp3) is 0.435. The van der Waals surface area contributed by atoms with Gasteiger partial charge in [-0.25, -0.2) is 4.99 Å². The summed E-state index contributed by atoms with van der Waals surface area (Å²) in [5, 5.41) is 19.2. The Labute approximate surface area is 187 Å². The van der Waals surface area contributed by atoms with Crippen LogP contribution in [-0.2, 0) is 6.42 Å². The molecule has 4 N–H and O–H groups in total. The second-order valence-corrected chi connectivity index (χ2v) is 9.47. The summed E-state index contributed by atoms with van der Waals surface area (Å²) >= 11 is 1.69. The smallest absolute Gasteiger partial charge is 0.202 e. The number of aryl methyl sites for hydroxylation is 1. The minimum absolute atomic E-state index is 0.114. The van der Waals surface area contributed by atoms with Crippen molar-refractivity contribution >= 4 is 23.4 Å². The molecule has 2 atom stereocenters. The van der Waals surface area contributed by atoms with E-state index < -0.39 is 0 Å². The Bertz CT molecular complexity index is 972. The zero-order valence-corrected chi connectivity index (χ0v) is 18.6. The Morgan fingerprint density at radius 1 is 1.16 bits per heavy atom. The normalized spacial score (nSPS) is 23.2. The van der Waals surface area contributed by atoms with Crippen molar-refractivity contribution in [3.63, 3.8) is 0 Å². The van der Waals surface area contributed by atoms with Gasteiger partial charge in [-0.2, -0.15) is 0 Å². The Morgan fingerprint density at radius 2 is 2.00 bits per heavy atom. The van der Waals surface area contributed by atoms with Crippen molar-refractivity contribution in [2.24, 2.45) is 16.8 Å². The molecule has 3 aliphatic rings. The highest BCUT2D eigenvalue weighted by molar-refractivity contribution is 7.99. The molecule has 0 saturated heterocycles. The van der Waals surface area contributed by atoms with E-state index in [-0.39, 0.29) is 6.17 Å². The van der Waals surface area contributed by atoms with Crippen LogP contribution in [-0.4, -0.2) is 33.1 Å². The molecule has 1 aliphatic carbocycles. The predicted octanol–water partition coefficient (Wildman–Crippen LogP) is 4.03. The van der Waals surface area contributed by atoms with E-state index in [0.717, 1.165) is 29.0 Å². The van der Waals surface area contributed by atoms with Crippen LogP contribution in [0, 0.1) is 11.8 Å². The van der Waals surface area contributed by atoms with Gasteiger partial charge in [-0.1, -0.05) is 49.7 Å². The van der Waals surface area contributed by atoms with Crippen LogP contribution in [0.4, 0.5) is 5.69 Å². The van der Waals surface area contributed by atoms with Crippen LogP contribution in [0.3, 0.4) is 0 Å². The first kappa shape index (κ1) is 20.2. The van der Waals surface area contributed by atoms with Crippen LogP contribution in [0.25, 0.3) is 0 Å². The number of hydrogen-bond acceptors (Lipinski definition) is 7. The number of guanidine groups is 1. The fourth-order valence-electron chi connectivity index (χ4n) is 4.62. The molecule has 0 spiro atoms. The van der Waals surface area contributed by atoms with Gasteiger partial charge in [0.1, 0.15) is 12.5 Å². The van der Waals surface area contributed by atoms with E-state index >= 15 is 0 Å². The molecule has 162 valence electrons. The first-order valence-corrected chi connectivity index (χ1v) is 12.1. The van der Waals surface area contributed by atoms with Crippen molar-refractivity contribution in [1.82, 2.24) is 25.8 Å². The number of aromatic amines is 1. The van der Waals surface area contributed by atoms with E-state index in [1.165, 1.54) is 42.5 Å². The zero-order valence-electron chi connectivity index (χ0n) is 17.8. The minimum Gasteiger partial charge on any atom is -0.368 e. The number of aliphatic imine (C=N–C) groups is 1. The Kier molecular flexibility index (Phi) is 5.97. The van der Waals surface area contributed by atoms with Crippen LogP contribution in [0.5, 0.6) is 0 Å². The molecule has 7 nitrogen and oxygen atoms in total. The van der Waals surface area contributed by atoms with Gasteiger partial charge in [0.05, 0.1) is 5.70 Å². The lowest BCUT2D eigenvalue weighted by Gasteiger charge is -2.36. The molecular weight excluding hydrogens is 406 g/mol. The number of aromatic nitrogens is 3. The van der Waals surface area contributed by atoms with Gasteiger partial charge in [-0.3, -0.25) is 0 Å². The van der Waals surface area contributed by atoms with Crippen LogP contribution in [0.15, 0.2) is 64.3 Å². The topological polar surface area (TPSA) is 90.0 Å². The summed E-state index contributed by atoms with van der Waals surface area (Å²) in [6, 6.07) is 8.61. The number of rotatable bonds is 6. The summed E-state index contributed by atoms with van der Waals surface area (Å²) in [6.07, 6.45) is 12.1. The molecule has 31 heavy (non-hydrogen) atoms. The number of benzene rings is 1. The summed E-state index contributed by atoms with van der Waals surface area (Å²) in [5.41, 5.74) is 5.04. The summed E-state index contributed by atoms with van der Waals surface area (Å²) in [6.45, 7) is 2.27. The number of allylic oxidation sites excluding steroid dienone is 2. The van der Waals surface area contributed by atoms with E-state index in [4.69, 9.17) is 4.99 Å². The van der Waals surface area contributed by atoms with Crippen LogP contribution >= 0.6 is 11.8 Å². The number of fused-ring (bicyclic) bond motifs is 1. The van der Waals surface area contributed by atoms with E-state index in [9.17, 15) is 0 Å². The Morgan fingerprint density at radius 3 is 2.77 bits per heavy atom. The Balaban J connectivity index is 1.26. The molecule has 8 heteroatoms. The third-order valence-electron chi connectivity index (χ3n) is 6.24. The van der Waals surface area contributed by atoms with Gasteiger partial charge < -0.3 is 20.9 Å². The summed E-state index contributed by atoms with van der Waals surface area (Å²) in [4.78, 5) is 8.10. The first-order chi connectivity index (χ1) is 15.3. The van der Waals surface area contributed by atoms with Gasteiger partial charge in [0.25, 0.3) is 0 Å². The molecule has 3 heterocycles. The van der Waals surface area contributed by atoms with E-state index in [2.05, 4.69) is 74.6 Å². The van der Waals surface area contributed by atoms with Crippen LogP contribution in [0.1, 0.15) is 38.2 Å². The minimum atomic E-state index is 0.114. The van der Waals surface area contributed by atoms with Crippen molar-refractivity contribution in [2.45, 2.75) is 50.4 Å². The maximum absolute atomic E-state index is 5.07. The SMILES string of the molecule is CC1C=CNC2NC(Nc3ccc(CCSc4nnc[nH]4)cc3)=NC(C3CCCC3)=C12. The van der Waals surface area contributed by atoms with Crippen molar-refractivity contribution in [3.05, 3.63) is 59.7 Å². The zero-order chi connectivity index (χ0) is 21.0. The summed E-state index contributed by atoms with van der Waals surface area (Å²) < 4.78 is 0. The maximum Gasteiger partial charge on any atom is 0.202 e. The molecule has 1 aromatic carbocycles. The van der Waals surface area contributed by atoms with Crippen LogP contribution in [0.2, 0.25) is 0 Å². The number of nitrogens with one attached hydrogen (secondary N) is 4. The average Bonchev–Trinajstić information content (AvgIpc) is 3.49. The lowest BCUT2D eigenvalue weighted by atomic mass is 9.87. The molecule has 0 radical (unpaired) electrons. The second kappa shape index (κ2) is 9.18. The van der Waals surface area contributed by atoms with Gasteiger partial charge in [-0.05, 0) is 43.2 Å². The molecule has 0 amide bonds. The summed E-state index contributed by atoms with van der Waals surface area (Å²) in [5.74, 6) is 2.79. The largest absolute Gasteiger partial charge is 0.368 e. The third-order valence-corrected chi connectivity index (χ3v) is 7.12. The lowest BCUT2D eigenvalue weighted by molar-refractivity contribution is 0.503. The van der Waals surface area contributed by atoms with E-state index in [1.54, 1.807) is 18.1 Å². The van der Waals surface area contributed by atoms with Crippen molar-refractivity contribution < 1.29 is 0 Å². The average molecular weight is 436 g/mol. The molecular formula is C23H29N7S.